The minimum absolute atomic E-state index is 0.130. The zero-order valence-corrected chi connectivity index (χ0v) is 14.0. The van der Waals surface area contributed by atoms with Crippen molar-refractivity contribution in [3.8, 4) is 17.0 Å². The SMILES string of the molecule is COc1ccc(C(=O)Nc2ccc(C(N)=O)nc2)cc1-c1ccccn1. The molecule has 0 spiro atoms. The normalized spacial score (nSPS) is 10.2. The Hall–Kier alpha value is -3.74. The minimum atomic E-state index is -0.627. The number of anilines is 1. The number of ether oxygens (including phenoxy) is 1. The largest absolute Gasteiger partial charge is 0.496 e. The van der Waals surface area contributed by atoms with Gasteiger partial charge < -0.3 is 15.8 Å². The van der Waals surface area contributed by atoms with Crippen molar-refractivity contribution in [2.45, 2.75) is 0 Å². The molecule has 0 radical (unpaired) electrons. The van der Waals surface area contributed by atoms with Gasteiger partial charge in [-0.1, -0.05) is 6.07 Å². The van der Waals surface area contributed by atoms with Crippen LogP contribution in [0.5, 0.6) is 5.75 Å². The fraction of sp³-hybridized carbons (Fsp3) is 0.0526. The smallest absolute Gasteiger partial charge is 0.267 e. The van der Waals surface area contributed by atoms with E-state index in [-0.39, 0.29) is 11.6 Å². The number of aromatic nitrogens is 2. The third-order valence-electron chi connectivity index (χ3n) is 3.68. The van der Waals surface area contributed by atoms with Crippen LogP contribution in [-0.4, -0.2) is 28.9 Å². The summed E-state index contributed by atoms with van der Waals surface area (Å²) in [5, 5.41) is 2.73. The summed E-state index contributed by atoms with van der Waals surface area (Å²) in [6.45, 7) is 0. The topological polar surface area (TPSA) is 107 Å². The molecule has 7 nitrogen and oxygen atoms in total. The molecule has 26 heavy (non-hydrogen) atoms. The van der Waals surface area contributed by atoms with Gasteiger partial charge in [0.05, 0.1) is 24.7 Å². The van der Waals surface area contributed by atoms with Gasteiger partial charge in [-0.25, -0.2) is 4.98 Å². The Bertz CT molecular complexity index is 941. The third-order valence-corrected chi connectivity index (χ3v) is 3.68. The van der Waals surface area contributed by atoms with Gasteiger partial charge in [0.15, 0.2) is 0 Å². The average molecular weight is 348 g/mol. The van der Waals surface area contributed by atoms with Gasteiger partial charge >= 0.3 is 0 Å². The summed E-state index contributed by atoms with van der Waals surface area (Å²) in [6.07, 6.45) is 3.05. The van der Waals surface area contributed by atoms with Crippen molar-refractivity contribution in [2.75, 3.05) is 12.4 Å². The highest BCUT2D eigenvalue weighted by atomic mass is 16.5. The molecule has 1 aromatic carbocycles. The number of nitrogens with two attached hydrogens (primary N) is 1. The van der Waals surface area contributed by atoms with Gasteiger partial charge in [0.25, 0.3) is 11.8 Å². The van der Waals surface area contributed by atoms with Gasteiger partial charge in [-0.15, -0.1) is 0 Å². The maximum atomic E-state index is 12.5. The predicted octanol–water partition coefficient (Wildman–Crippen LogP) is 2.50. The lowest BCUT2D eigenvalue weighted by Crippen LogP contribution is -2.15. The molecule has 0 unspecified atom stereocenters. The number of pyridine rings is 2. The lowest BCUT2D eigenvalue weighted by atomic mass is 10.1. The summed E-state index contributed by atoms with van der Waals surface area (Å²) in [7, 11) is 1.56. The monoisotopic (exact) mass is 348 g/mol. The first-order valence-corrected chi connectivity index (χ1v) is 7.75. The number of benzene rings is 1. The molecule has 0 aliphatic heterocycles. The summed E-state index contributed by atoms with van der Waals surface area (Å²) in [5.41, 5.74) is 7.58. The molecule has 0 bridgehead atoms. The number of nitrogens with one attached hydrogen (secondary N) is 1. The van der Waals surface area contributed by atoms with E-state index < -0.39 is 5.91 Å². The molecule has 3 rings (SSSR count). The van der Waals surface area contributed by atoms with Crippen molar-refractivity contribution in [2.24, 2.45) is 5.73 Å². The molecule has 130 valence electrons. The van der Waals surface area contributed by atoms with Crippen molar-refractivity contribution in [3.63, 3.8) is 0 Å². The minimum Gasteiger partial charge on any atom is -0.496 e. The van der Waals surface area contributed by atoms with Crippen molar-refractivity contribution in [3.05, 3.63) is 72.2 Å². The number of primary amides is 1. The molecule has 0 aliphatic carbocycles. The zero-order chi connectivity index (χ0) is 18.5. The van der Waals surface area contributed by atoms with Crippen molar-refractivity contribution in [1.82, 2.24) is 9.97 Å². The second kappa shape index (κ2) is 7.43. The Morgan fingerprint density at radius 1 is 1.08 bits per heavy atom. The first kappa shape index (κ1) is 17.1. The third kappa shape index (κ3) is 3.67. The predicted molar refractivity (Wildman–Crippen MR) is 96.9 cm³/mol. The average Bonchev–Trinajstić information content (AvgIpc) is 2.68. The van der Waals surface area contributed by atoms with Crippen LogP contribution in [-0.2, 0) is 0 Å². The Morgan fingerprint density at radius 3 is 2.54 bits per heavy atom. The van der Waals surface area contributed by atoms with Crippen molar-refractivity contribution in [1.29, 1.82) is 0 Å². The number of rotatable bonds is 5. The van der Waals surface area contributed by atoms with E-state index in [1.165, 1.54) is 12.3 Å². The van der Waals surface area contributed by atoms with E-state index in [9.17, 15) is 9.59 Å². The molecule has 2 aromatic heterocycles. The summed E-state index contributed by atoms with van der Waals surface area (Å²) in [5.74, 6) is -0.329. The number of methoxy groups -OCH3 is 1. The van der Waals surface area contributed by atoms with Gasteiger partial charge in [0.1, 0.15) is 11.4 Å². The number of hydrogen-bond acceptors (Lipinski definition) is 5. The van der Waals surface area contributed by atoms with Crippen molar-refractivity contribution >= 4 is 17.5 Å². The number of amides is 2. The van der Waals surface area contributed by atoms with Crippen LogP contribution < -0.4 is 15.8 Å². The van der Waals surface area contributed by atoms with Crippen LogP contribution >= 0.6 is 0 Å². The van der Waals surface area contributed by atoms with Crippen molar-refractivity contribution < 1.29 is 14.3 Å². The Kier molecular flexibility index (Phi) is 4.89. The van der Waals surface area contributed by atoms with Gasteiger partial charge in [0.2, 0.25) is 0 Å². The van der Waals surface area contributed by atoms with Gasteiger partial charge in [-0.3, -0.25) is 14.6 Å². The van der Waals surface area contributed by atoms with E-state index in [4.69, 9.17) is 10.5 Å². The number of carbonyl (C=O) groups excluding carboxylic acids is 2. The van der Waals surface area contributed by atoms with Gasteiger partial charge in [0, 0.05) is 17.3 Å². The summed E-state index contributed by atoms with van der Waals surface area (Å²) in [6, 6.07) is 13.6. The van der Waals surface area contributed by atoms with Crippen LogP contribution in [0.3, 0.4) is 0 Å². The van der Waals surface area contributed by atoms with Crippen LogP contribution in [0.2, 0.25) is 0 Å². The maximum Gasteiger partial charge on any atom is 0.267 e. The first-order valence-electron chi connectivity index (χ1n) is 7.75. The van der Waals surface area contributed by atoms with E-state index in [1.54, 1.807) is 37.6 Å². The molecule has 3 N–H and O–H groups in total. The van der Waals surface area contributed by atoms with Crippen LogP contribution in [0.4, 0.5) is 5.69 Å². The molecule has 3 aromatic rings. The summed E-state index contributed by atoms with van der Waals surface area (Å²) < 4.78 is 5.36. The summed E-state index contributed by atoms with van der Waals surface area (Å²) >= 11 is 0. The molecule has 0 saturated heterocycles. The molecule has 0 saturated carbocycles. The van der Waals surface area contributed by atoms with Crippen LogP contribution in [0.15, 0.2) is 60.9 Å². The molecule has 2 heterocycles. The molecular weight excluding hydrogens is 332 g/mol. The second-order valence-corrected chi connectivity index (χ2v) is 5.38. The Labute approximate surface area is 149 Å². The maximum absolute atomic E-state index is 12.5. The van der Waals surface area contributed by atoms with Crippen LogP contribution in [0, 0.1) is 0 Å². The standard InChI is InChI=1S/C19H16N4O3/c1-26-17-8-5-12(10-14(17)15-4-2-3-9-21-15)19(25)23-13-6-7-16(18(20)24)22-11-13/h2-11H,1H3,(H2,20,24)(H,23,25). The molecule has 0 atom stereocenters. The fourth-order valence-corrected chi connectivity index (χ4v) is 2.39. The lowest BCUT2D eigenvalue weighted by Gasteiger charge is -2.11. The number of carbonyl (C=O) groups is 2. The fourth-order valence-electron chi connectivity index (χ4n) is 2.39. The quantitative estimate of drug-likeness (QED) is 0.736. The highest BCUT2D eigenvalue weighted by molar-refractivity contribution is 6.05. The highest BCUT2D eigenvalue weighted by Crippen LogP contribution is 2.29. The lowest BCUT2D eigenvalue weighted by molar-refractivity contribution is 0.0994. The van der Waals surface area contributed by atoms with E-state index >= 15 is 0 Å². The molecule has 7 heteroatoms. The first-order chi connectivity index (χ1) is 12.6. The van der Waals surface area contributed by atoms with E-state index in [1.807, 2.05) is 18.2 Å². The molecular formula is C19H16N4O3. The zero-order valence-electron chi connectivity index (χ0n) is 14.0. The molecule has 2 amide bonds. The Balaban J connectivity index is 1.86. The van der Waals surface area contributed by atoms with Gasteiger partial charge in [-0.2, -0.15) is 0 Å². The van der Waals surface area contributed by atoms with E-state index in [2.05, 4.69) is 15.3 Å². The van der Waals surface area contributed by atoms with Crippen LogP contribution in [0.1, 0.15) is 20.8 Å². The number of hydrogen-bond donors (Lipinski definition) is 2. The number of nitrogens with zero attached hydrogens (tertiary/aromatic N) is 2. The van der Waals surface area contributed by atoms with Crippen LogP contribution in [0.25, 0.3) is 11.3 Å². The second-order valence-electron chi connectivity index (χ2n) is 5.38. The van der Waals surface area contributed by atoms with E-state index in [0.29, 0.717) is 28.3 Å². The summed E-state index contributed by atoms with van der Waals surface area (Å²) in [4.78, 5) is 31.8. The van der Waals surface area contributed by atoms with E-state index in [0.717, 1.165) is 0 Å². The molecule has 0 fully saturated rings. The highest BCUT2D eigenvalue weighted by Gasteiger charge is 2.13. The van der Waals surface area contributed by atoms with Gasteiger partial charge in [-0.05, 0) is 42.5 Å². The molecule has 0 aliphatic rings. The Morgan fingerprint density at radius 2 is 1.92 bits per heavy atom.